The van der Waals surface area contributed by atoms with E-state index in [1.54, 1.807) is 0 Å². The zero-order valence-corrected chi connectivity index (χ0v) is 13.1. The number of rotatable bonds is 0. The summed E-state index contributed by atoms with van der Waals surface area (Å²) in [5.41, 5.74) is 2.46. The molecule has 78 valence electrons. The maximum absolute atomic E-state index is 3.60. The van der Waals surface area contributed by atoms with Gasteiger partial charge in [-0.25, -0.2) is 0 Å². The second kappa shape index (κ2) is 3.90. The van der Waals surface area contributed by atoms with Crippen molar-refractivity contribution in [3.05, 3.63) is 45.9 Å². The molecule has 0 aromatic heterocycles. The molecule has 1 heterocycles. The maximum atomic E-state index is 3.60. The van der Waals surface area contributed by atoms with E-state index in [9.17, 15) is 0 Å². The van der Waals surface area contributed by atoms with Gasteiger partial charge in [0, 0.05) is 0 Å². The summed E-state index contributed by atoms with van der Waals surface area (Å²) in [6.45, 7) is 0. The monoisotopic (exact) mass is 403 g/mol. The second-order valence-corrected chi connectivity index (χ2v) is 6.17. The number of hydrogen-bond acceptors (Lipinski definition) is 1. The van der Waals surface area contributed by atoms with Crippen LogP contribution in [0.4, 0.5) is 0 Å². The van der Waals surface area contributed by atoms with E-state index < -0.39 is 0 Å². The molecule has 4 heteroatoms. The summed E-state index contributed by atoms with van der Waals surface area (Å²) < 4.78 is 3.28. The van der Waals surface area contributed by atoms with Crippen LogP contribution in [0.15, 0.2) is 34.8 Å². The third-order valence-corrected chi connectivity index (χ3v) is 4.75. The van der Waals surface area contributed by atoms with Gasteiger partial charge >= 0.3 is 118 Å². The van der Waals surface area contributed by atoms with Crippen LogP contribution in [-0.4, -0.2) is 40.2 Å². The number of nitrogens with one attached hydrogen (secondary N) is 1. The molecule has 3 rings (SSSR count). The van der Waals surface area contributed by atoms with E-state index in [1.165, 1.54) is 21.9 Å². The first-order valence-electron chi connectivity index (χ1n) is 4.75. The third kappa shape index (κ3) is 1.49. The van der Waals surface area contributed by atoms with Gasteiger partial charge in [-0.1, -0.05) is 0 Å². The minimum absolute atomic E-state index is 1.07. The number of halogens is 1. The summed E-state index contributed by atoms with van der Waals surface area (Å²) in [6.07, 6.45) is 0. The molecule has 2 aromatic rings. The van der Waals surface area contributed by atoms with E-state index in [1.807, 2.05) is 0 Å². The summed E-state index contributed by atoms with van der Waals surface area (Å²) in [5.74, 6) is 0. The van der Waals surface area contributed by atoms with Crippen LogP contribution in [0, 0.1) is 0 Å². The van der Waals surface area contributed by atoms with Crippen LogP contribution in [-0.2, 0) is 0 Å². The molecule has 0 spiro atoms. The molecule has 2 aromatic carbocycles. The standard InChI is InChI=1S/C12H6BrNSe2/c13-9-5-4-8-10-6(9)2-1-3-7(10)11(15)14-12(8)16/h1-5H,(H,14,15,16). The average molecular weight is 402 g/mol. The number of hydrogen-bond donors (Lipinski definition) is 1. The van der Waals surface area contributed by atoms with Crippen molar-refractivity contribution in [2.75, 3.05) is 0 Å². The van der Waals surface area contributed by atoms with Crippen LogP contribution in [0.3, 0.4) is 0 Å². The third-order valence-electron chi connectivity index (χ3n) is 2.70. The SMILES string of the molecule is [Se]=C1NC(=[Se])c2ccc(Br)c3cccc1c23. The van der Waals surface area contributed by atoms with Gasteiger partial charge in [-0.3, -0.25) is 0 Å². The van der Waals surface area contributed by atoms with Crippen molar-refractivity contribution in [2.45, 2.75) is 0 Å². The van der Waals surface area contributed by atoms with Crippen molar-refractivity contribution in [1.82, 2.24) is 5.32 Å². The Morgan fingerprint density at radius 3 is 2.38 bits per heavy atom. The zero-order valence-electron chi connectivity index (χ0n) is 8.08. The van der Waals surface area contributed by atoms with E-state index in [0.717, 1.165) is 13.6 Å². The molecule has 0 atom stereocenters. The van der Waals surface area contributed by atoms with Gasteiger partial charge in [0.15, 0.2) is 0 Å². The summed E-state index contributed by atoms with van der Waals surface area (Å²) in [7, 11) is 0. The molecule has 0 radical (unpaired) electrons. The summed E-state index contributed by atoms with van der Waals surface area (Å²) in [6, 6.07) is 10.6. The number of benzene rings is 2. The Morgan fingerprint density at radius 2 is 1.62 bits per heavy atom. The normalized spacial score (nSPS) is 14.1. The van der Waals surface area contributed by atoms with Gasteiger partial charge in [0.25, 0.3) is 0 Å². The molecule has 0 saturated heterocycles. The van der Waals surface area contributed by atoms with E-state index in [2.05, 4.69) is 82.7 Å². The first kappa shape index (κ1) is 10.9. The van der Waals surface area contributed by atoms with Crippen molar-refractivity contribution in [3.63, 3.8) is 0 Å². The van der Waals surface area contributed by atoms with Gasteiger partial charge in [-0.2, -0.15) is 0 Å². The minimum atomic E-state index is 1.07. The van der Waals surface area contributed by atoms with Crippen LogP contribution in [0.5, 0.6) is 0 Å². The zero-order chi connectivity index (χ0) is 11.3. The van der Waals surface area contributed by atoms with Crippen molar-refractivity contribution in [1.29, 1.82) is 0 Å². The molecule has 16 heavy (non-hydrogen) atoms. The molecule has 0 saturated carbocycles. The van der Waals surface area contributed by atoms with Crippen LogP contribution < -0.4 is 5.32 Å². The van der Waals surface area contributed by atoms with Gasteiger partial charge in [0.05, 0.1) is 0 Å². The molecule has 1 N–H and O–H groups in total. The molecule has 0 aliphatic carbocycles. The Hall–Kier alpha value is -0.241. The first-order chi connectivity index (χ1) is 7.68. The second-order valence-electron chi connectivity index (χ2n) is 3.61. The predicted molar refractivity (Wildman–Crippen MR) is 74.5 cm³/mol. The van der Waals surface area contributed by atoms with Crippen LogP contribution >= 0.6 is 15.9 Å². The molecule has 0 bridgehead atoms. The Bertz CT molecular complexity index is 629. The molecule has 1 aliphatic heterocycles. The van der Waals surface area contributed by atoms with Gasteiger partial charge in [-0.15, -0.1) is 0 Å². The van der Waals surface area contributed by atoms with Crippen molar-refractivity contribution < 1.29 is 0 Å². The van der Waals surface area contributed by atoms with Crippen molar-refractivity contribution >= 4 is 66.9 Å². The quantitative estimate of drug-likeness (QED) is 0.660. The topological polar surface area (TPSA) is 12.0 Å². The van der Waals surface area contributed by atoms with E-state index >= 15 is 0 Å². The van der Waals surface area contributed by atoms with Crippen molar-refractivity contribution in [3.8, 4) is 0 Å². The Kier molecular flexibility index (Phi) is 2.65. The van der Waals surface area contributed by atoms with Crippen LogP contribution in [0.1, 0.15) is 11.1 Å². The first-order valence-corrected chi connectivity index (χ1v) is 7.26. The predicted octanol–water partition coefficient (Wildman–Crippen LogP) is 1.50. The van der Waals surface area contributed by atoms with E-state index in [-0.39, 0.29) is 0 Å². The fraction of sp³-hybridized carbons (Fsp3) is 0. The Balaban J connectivity index is 2.57. The molecule has 1 nitrogen and oxygen atoms in total. The van der Waals surface area contributed by atoms with Crippen molar-refractivity contribution in [2.24, 2.45) is 0 Å². The molecule has 0 unspecified atom stereocenters. The summed E-state index contributed by atoms with van der Waals surface area (Å²) in [5, 5.41) is 5.86. The fourth-order valence-electron chi connectivity index (χ4n) is 1.99. The molecular weight excluding hydrogens is 396 g/mol. The van der Waals surface area contributed by atoms with Gasteiger partial charge in [0.1, 0.15) is 0 Å². The summed E-state index contributed by atoms with van der Waals surface area (Å²) in [4.78, 5) is 0. The molecule has 1 aliphatic rings. The van der Waals surface area contributed by atoms with E-state index in [0.29, 0.717) is 0 Å². The van der Waals surface area contributed by atoms with Crippen LogP contribution in [0.25, 0.3) is 10.8 Å². The van der Waals surface area contributed by atoms with Gasteiger partial charge < -0.3 is 0 Å². The molecule has 0 fully saturated rings. The Labute approximate surface area is 117 Å². The van der Waals surface area contributed by atoms with E-state index in [4.69, 9.17) is 0 Å². The van der Waals surface area contributed by atoms with Gasteiger partial charge in [-0.05, 0) is 0 Å². The summed E-state index contributed by atoms with van der Waals surface area (Å²) >= 11 is 9.76. The molecule has 0 amide bonds. The molecular formula is C12H6BrNSe2. The average Bonchev–Trinajstić information content (AvgIpc) is 2.27. The Morgan fingerprint density at radius 1 is 0.938 bits per heavy atom. The fourth-order valence-corrected chi connectivity index (χ4v) is 3.92. The van der Waals surface area contributed by atoms with Crippen LogP contribution in [0.2, 0.25) is 0 Å². The van der Waals surface area contributed by atoms with Gasteiger partial charge in [0.2, 0.25) is 0 Å².